The van der Waals surface area contributed by atoms with Gasteiger partial charge < -0.3 is 19.9 Å². The average molecular weight is 241 g/mol. The number of hydrogen-bond donors (Lipinski definition) is 1. The van der Waals surface area contributed by atoms with Crippen LogP contribution in [0.5, 0.6) is 5.88 Å². The Morgan fingerprint density at radius 3 is 2.71 bits per heavy atom. The maximum atomic E-state index is 5.50. The summed E-state index contributed by atoms with van der Waals surface area (Å²) in [4.78, 5) is 7.90. The van der Waals surface area contributed by atoms with Crippen molar-refractivity contribution in [3.63, 3.8) is 0 Å². The van der Waals surface area contributed by atoms with Gasteiger partial charge in [0, 0.05) is 32.1 Å². The first-order valence-corrected chi connectivity index (χ1v) is 5.53. The van der Waals surface area contributed by atoms with Crippen molar-refractivity contribution >= 4 is 5.95 Å². The number of anilines is 1. The molecular formula is C11H19N3O3. The molecule has 1 heterocycles. The lowest BCUT2D eigenvalue weighted by molar-refractivity contribution is 0.0795. The van der Waals surface area contributed by atoms with Crippen LogP contribution in [-0.2, 0) is 9.47 Å². The van der Waals surface area contributed by atoms with Gasteiger partial charge in [-0.3, -0.25) is 0 Å². The Hall–Kier alpha value is -1.40. The summed E-state index contributed by atoms with van der Waals surface area (Å²) in [6.07, 6.45) is 0.885. The van der Waals surface area contributed by atoms with Crippen LogP contribution in [0.15, 0.2) is 6.07 Å². The highest BCUT2D eigenvalue weighted by molar-refractivity contribution is 5.25. The van der Waals surface area contributed by atoms with Crippen LogP contribution in [-0.4, -0.2) is 43.5 Å². The maximum absolute atomic E-state index is 5.50. The van der Waals surface area contributed by atoms with Gasteiger partial charge in [-0.05, 0) is 13.3 Å². The number of nitrogens with two attached hydrogens (primary N) is 1. The van der Waals surface area contributed by atoms with E-state index in [1.54, 1.807) is 13.2 Å². The van der Waals surface area contributed by atoms with E-state index in [9.17, 15) is 0 Å². The highest BCUT2D eigenvalue weighted by Crippen LogP contribution is 2.09. The van der Waals surface area contributed by atoms with Gasteiger partial charge in [0.1, 0.15) is 6.61 Å². The van der Waals surface area contributed by atoms with Crippen molar-refractivity contribution in [1.82, 2.24) is 9.97 Å². The second-order valence-corrected chi connectivity index (χ2v) is 3.51. The Bertz CT molecular complexity index is 313. The van der Waals surface area contributed by atoms with Gasteiger partial charge in [0.15, 0.2) is 0 Å². The molecule has 17 heavy (non-hydrogen) atoms. The van der Waals surface area contributed by atoms with Gasteiger partial charge in [-0.25, -0.2) is 4.98 Å². The van der Waals surface area contributed by atoms with Crippen LogP contribution in [0.25, 0.3) is 0 Å². The Morgan fingerprint density at radius 2 is 2.00 bits per heavy atom. The fourth-order valence-corrected chi connectivity index (χ4v) is 1.25. The van der Waals surface area contributed by atoms with Crippen molar-refractivity contribution < 1.29 is 14.2 Å². The van der Waals surface area contributed by atoms with E-state index in [1.807, 2.05) is 6.92 Å². The Morgan fingerprint density at radius 1 is 1.18 bits per heavy atom. The van der Waals surface area contributed by atoms with Gasteiger partial charge in [-0.15, -0.1) is 0 Å². The standard InChI is InChI=1S/C11H19N3O3/c1-9-8-10(14-11(12)13-9)17-7-6-16-5-3-4-15-2/h8H,3-7H2,1-2H3,(H2,12,13,14). The summed E-state index contributed by atoms with van der Waals surface area (Å²) in [7, 11) is 1.67. The predicted molar refractivity (Wildman–Crippen MR) is 64.0 cm³/mol. The first-order chi connectivity index (χ1) is 8.22. The molecule has 6 nitrogen and oxygen atoms in total. The number of nitrogens with zero attached hydrogens (tertiary/aromatic N) is 2. The third kappa shape index (κ3) is 6.03. The van der Waals surface area contributed by atoms with Crippen molar-refractivity contribution in [1.29, 1.82) is 0 Å². The van der Waals surface area contributed by atoms with Gasteiger partial charge in [0.25, 0.3) is 0 Å². The van der Waals surface area contributed by atoms with E-state index in [4.69, 9.17) is 19.9 Å². The summed E-state index contributed by atoms with van der Waals surface area (Å²) in [5.41, 5.74) is 6.28. The molecule has 0 amide bonds. The minimum Gasteiger partial charge on any atom is -0.475 e. The molecule has 1 rings (SSSR count). The minimum atomic E-state index is 0.223. The molecule has 1 aromatic rings. The van der Waals surface area contributed by atoms with Crippen LogP contribution < -0.4 is 10.5 Å². The summed E-state index contributed by atoms with van der Waals surface area (Å²) < 4.78 is 15.6. The highest BCUT2D eigenvalue weighted by atomic mass is 16.5. The van der Waals surface area contributed by atoms with Crippen molar-refractivity contribution in [3.8, 4) is 5.88 Å². The van der Waals surface area contributed by atoms with Crippen LogP contribution in [0.1, 0.15) is 12.1 Å². The summed E-state index contributed by atoms with van der Waals surface area (Å²) in [5.74, 6) is 0.705. The van der Waals surface area contributed by atoms with Crippen molar-refractivity contribution in [3.05, 3.63) is 11.8 Å². The molecule has 0 atom stereocenters. The van der Waals surface area contributed by atoms with Crippen molar-refractivity contribution in [2.24, 2.45) is 0 Å². The summed E-state index contributed by atoms with van der Waals surface area (Å²) in [6.45, 7) is 4.19. The van der Waals surface area contributed by atoms with Crippen molar-refractivity contribution in [2.75, 3.05) is 39.3 Å². The zero-order chi connectivity index (χ0) is 12.5. The molecule has 0 fully saturated rings. The molecule has 2 N–H and O–H groups in total. The fraction of sp³-hybridized carbons (Fsp3) is 0.636. The smallest absolute Gasteiger partial charge is 0.223 e. The van der Waals surface area contributed by atoms with Gasteiger partial charge in [0.05, 0.1) is 6.61 Å². The fourth-order valence-electron chi connectivity index (χ4n) is 1.25. The Kier molecular flexibility index (Phi) is 6.27. The normalized spacial score (nSPS) is 10.5. The van der Waals surface area contributed by atoms with Gasteiger partial charge in [-0.1, -0.05) is 0 Å². The molecule has 6 heteroatoms. The average Bonchev–Trinajstić information content (AvgIpc) is 2.26. The van der Waals surface area contributed by atoms with E-state index in [0.29, 0.717) is 32.3 Å². The number of rotatable bonds is 8. The number of hydrogen-bond acceptors (Lipinski definition) is 6. The minimum absolute atomic E-state index is 0.223. The number of methoxy groups -OCH3 is 1. The quantitative estimate of drug-likeness (QED) is 0.678. The van der Waals surface area contributed by atoms with Crippen LogP contribution in [0, 0.1) is 6.92 Å². The molecule has 1 aromatic heterocycles. The summed E-state index contributed by atoms with van der Waals surface area (Å²) in [5, 5.41) is 0. The van der Waals surface area contributed by atoms with Crippen molar-refractivity contribution in [2.45, 2.75) is 13.3 Å². The van der Waals surface area contributed by atoms with Crippen LogP contribution in [0.4, 0.5) is 5.95 Å². The molecule has 0 saturated carbocycles. The SMILES string of the molecule is COCCCOCCOc1cc(C)nc(N)n1. The van der Waals surface area contributed by atoms with E-state index >= 15 is 0 Å². The lowest BCUT2D eigenvalue weighted by atomic mass is 10.4. The topological polar surface area (TPSA) is 79.5 Å². The molecule has 0 bridgehead atoms. The number of aromatic nitrogens is 2. The molecule has 0 aliphatic rings. The summed E-state index contributed by atoms with van der Waals surface area (Å²) in [6, 6.07) is 1.74. The highest BCUT2D eigenvalue weighted by Gasteiger charge is 1.99. The molecular weight excluding hydrogens is 222 g/mol. The zero-order valence-electron chi connectivity index (χ0n) is 10.3. The van der Waals surface area contributed by atoms with Gasteiger partial charge >= 0.3 is 0 Å². The zero-order valence-corrected chi connectivity index (χ0v) is 10.3. The Labute approximate surface area is 101 Å². The van der Waals surface area contributed by atoms with Gasteiger partial charge in [0.2, 0.25) is 11.8 Å². The summed E-state index contributed by atoms with van der Waals surface area (Å²) >= 11 is 0. The predicted octanol–water partition coefficient (Wildman–Crippen LogP) is 0.799. The largest absolute Gasteiger partial charge is 0.475 e. The van der Waals surface area contributed by atoms with Crippen LogP contribution in [0.2, 0.25) is 0 Å². The molecule has 0 unspecified atom stereocenters. The number of nitrogen functional groups attached to an aromatic ring is 1. The van der Waals surface area contributed by atoms with E-state index < -0.39 is 0 Å². The Balaban J connectivity index is 2.13. The van der Waals surface area contributed by atoms with E-state index in [-0.39, 0.29) is 5.95 Å². The third-order valence-electron chi connectivity index (χ3n) is 1.96. The second-order valence-electron chi connectivity index (χ2n) is 3.51. The molecule has 0 radical (unpaired) electrons. The second kappa shape index (κ2) is 7.81. The van der Waals surface area contributed by atoms with Crippen LogP contribution in [0.3, 0.4) is 0 Å². The monoisotopic (exact) mass is 241 g/mol. The number of aryl methyl sites for hydroxylation is 1. The molecule has 0 aliphatic carbocycles. The lowest BCUT2D eigenvalue weighted by Gasteiger charge is -2.07. The lowest BCUT2D eigenvalue weighted by Crippen LogP contribution is -2.10. The number of ether oxygens (including phenoxy) is 3. The van der Waals surface area contributed by atoms with E-state index in [0.717, 1.165) is 12.1 Å². The first-order valence-electron chi connectivity index (χ1n) is 5.53. The van der Waals surface area contributed by atoms with E-state index in [2.05, 4.69) is 9.97 Å². The first kappa shape index (κ1) is 13.7. The molecule has 0 spiro atoms. The van der Waals surface area contributed by atoms with Gasteiger partial charge in [-0.2, -0.15) is 4.98 Å². The third-order valence-corrected chi connectivity index (χ3v) is 1.96. The molecule has 0 aliphatic heterocycles. The van der Waals surface area contributed by atoms with Crippen LogP contribution >= 0.6 is 0 Å². The molecule has 96 valence electrons. The molecule has 0 saturated heterocycles. The van der Waals surface area contributed by atoms with E-state index in [1.165, 1.54) is 0 Å². The molecule has 0 aromatic carbocycles. The maximum Gasteiger partial charge on any atom is 0.223 e.